The molecular formula is C9H17NO3. The van der Waals surface area contributed by atoms with Crippen molar-refractivity contribution in [1.29, 1.82) is 0 Å². The maximum absolute atomic E-state index is 11.2. The Bertz CT molecular complexity index is 185. The van der Waals surface area contributed by atoms with Gasteiger partial charge in [0.1, 0.15) is 6.10 Å². The molecule has 0 aromatic heterocycles. The summed E-state index contributed by atoms with van der Waals surface area (Å²) in [6.45, 7) is 4.81. The number of amides is 1. The number of nitrogens with one attached hydrogen (secondary N) is 1. The quantitative estimate of drug-likeness (QED) is 0.642. The summed E-state index contributed by atoms with van der Waals surface area (Å²) >= 11 is 0. The number of rotatable bonds is 2. The van der Waals surface area contributed by atoms with Crippen molar-refractivity contribution < 1.29 is 14.6 Å². The predicted molar refractivity (Wildman–Crippen MR) is 48.3 cm³/mol. The van der Waals surface area contributed by atoms with Crippen LogP contribution >= 0.6 is 0 Å². The average Bonchev–Trinajstić information content (AvgIpc) is 2.04. The first-order valence-corrected chi connectivity index (χ1v) is 4.61. The number of aliphatic hydroxyl groups excluding tert-OH is 1. The van der Waals surface area contributed by atoms with E-state index in [9.17, 15) is 4.79 Å². The molecule has 2 N–H and O–H groups in total. The van der Waals surface area contributed by atoms with Crippen LogP contribution in [0.5, 0.6) is 0 Å². The van der Waals surface area contributed by atoms with E-state index in [1.54, 1.807) is 0 Å². The van der Waals surface area contributed by atoms with E-state index in [1.165, 1.54) is 6.92 Å². The molecule has 1 saturated heterocycles. The molecule has 13 heavy (non-hydrogen) atoms. The zero-order valence-electron chi connectivity index (χ0n) is 8.17. The minimum absolute atomic E-state index is 0.202. The molecule has 1 aliphatic heterocycles. The average molecular weight is 187 g/mol. The number of hydrogen-bond donors (Lipinski definition) is 2. The molecular weight excluding hydrogens is 170 g/mol. The van der Waals surface area contributed by atoms with Gasteiger partial charge < -0.3 is 15.2 Å². The summed E-state index contributed by atoms with van der Waals surface area (Å²) in [5.41, 5.74) is -0.202. The zero-order valence-corrected chi connectivity index (χ0v) is 8.17. The number of aliphatic hydroxyl groups is 1. The molecule has 0 aromatic rings. The predicted octanol–water partition coefficient (Wildman–Crippen LogP) is 0.0525. The van der Waals surface area contributed by atoms with Crippen LogP contribution in [0.3, 0.4) is 0 Å². The van der Waals surface area contributed by atoms with E-state index < -0.39 is 6.10 Å². The molecule has 1 aliphatic rings. The molecule has 76 valence electrons. The second kappa shape index (κ2) is 4.07. The lowest BCUT2D eigenvalue weighted by atomic mass is 9.92. The van der Waals surface area contributed by atoms with Gasteiger partial charge in [-0.15, -0.1) is 0 Å². The molecule has 1 rings (SSSR count). The molecule has 0 unspecified atom stereocenters. The van der Waals surface area contributed by atoms with Crippen molar-refractivity contribution in [1.82, 2.24) is 5.32 Å². The van der Waals surface area contributed by atoms with Crippen LogP contribution in [0, 0.1) is 0 Å². The monoisotopic (exact) mass is 187 g/mol. The number of carbonyl (C=O) groups excluding carboxylic acids is 1. The van der Waals surface area contributed by atoms with Crippen LogP contribution in [-0.2, 0) is 9.53 Å². The maximum Gasteiger partial charge on any atom is 0.248 e. The Morgan fingerprint density at radius 1 is 1.54 bits per heavy atom. The molecule has 0 spiro atoms. The molecule has 0 radical (unpaired) electrons. The van der Waals surface area contributed by atoms with Crippen LogP contribution in [0.15, 0.2) is 0 Å². The molecule has 1 fully saturated rings. The highest BCUT2D eigenvalue weighted by atomic mass is 16.5. The van der Waals surface area contributed by atoms with E-state index in [4.69, 9.17) is 9.84 Å². The minimum atomic E-state index is -0.931. The topological polar surface area (TPSA) is 58.6 Å². The molecule has 4 heteroatoms. The van der Waals surface area contributed by atoms with Gasteiger partial charge in [0.15, 0.2) is 0 Å². The lowest BCUT2D eigenvalue weighted by Crippen LogP contribution is -2.52. The molecule has 1 heterocycles. The first-order chi connectivity index (χ1) is 6.03. The second-order valence-electron chi connectivity index (χ2n) is 3.84. The Kier molecular flexibility index (Phi) is 3.27. The summed E-state index contributed by atoms with van der Waals surface area (Å²) in [5, 5.41) is 11.8. The van der Waals surface area contributed by atoms with Crippen molar-refractivity contribution in [3.63, 3.8) is 0 Å². The van der Waals surface area contributed by atoms with Gasteiger partial charge in [-0.2, -0.15) is 0 Å². The van der Waals surface area contributed by atoms with Gasteiger partial charge in [0.05, 0.1) is 0 Å². The lowest BCUT2D eigenvalue weighted by molar-refractivity contribution is -0.131. The van der Waals surface area contributed by atoms with Crippen LogP contribution in [0.4, 0.5) is 0 Å². The summed E-state index contributed by atoms with van der Waals surface area (Å²) in [6.07, 6.45) is 0.691. The Balaban J connectivity index is 2.45. The Morgan fingerprint density at radius 2 is 2.08 bits per heavy atom. The third kappa shape index (κ3) is 2.97. The van der Waals surface area contributed by atoms with Crippen LogP contribution in [0.25, 0.3) is 0 Å². The molecule has 0 aliphatic carbocycles. The summed E-state index contributed by atoms with van der Waals surface area (Å²) in [5.74, 6) is -0.301. The first kappa shape index (κ1) is 10.5. The Morgan fingerprint density at radius 3 is 2.54 bits per heavy atom. The fourth-order valence-electron chi connectivity index (χ4n) is 1.35. The fraction of sp³-hybridized carbons (Fsp3) is 0.889. The normalized spacial score (nSPS) is 23.6. The van der Waals surface area contributed by atoms with Crippen molar-refractivity contribution in [2.24, 2.45) is 0 Å². The van der Waals surface area contributed by atoms with Gasteiger partial charge in [-0.3, -0.25) is 4.79 Å². The molecule has 0 aromatic carbocycles. The van der Waals surface area contributed by atoms with E-state index in [0.29, 0.717) is 13.2 Å². The lowest BCUT2D eigenvalue weighted by Gasteiger charge is -2.34. The second-order valence-corrected chi connectivity index (χ2v) is 3.84. The smallest absolute Gasteiger partial charge is 0.248 e. The Hall–Kier alpha value is -0.610. The third-order valence-electron chi connectivity index (χ3n) is 2.40. The van der Waals surface area contributed by atoms with Gasteiger partial charge in [0.25, 0.3) is 0 Å². The van der Waals surface area contributed by atoms with Crippen LogP contribution in [-0.4, -0.2) is 35.9 Å². The summed E-state index contributed by atoms with van der Waals surface area (Å²) < 4.78 is 5.19. The van der Waals surface area contributed by atoms with Gasteiger partial charge in [0, 0.05) is 18.8 Å². The molecule has 0 bridgehead atoms. The highest BCUT2D eigenvalue weighted by Gasteiger charge is 2.29. The van der Waals surface area contributed by atoms with Crippen molar-refractivity contribution in [3.8, 4) is 0 Å². The summed E-state index contributed by atoms with van der Waals surface area (Å²) in [4.78, 5) is 11.2. The SMILES string of the molecule is C[C@H](O)C(=O)NC1(C)CCOCC1. The zero-order chi connectivity index (χ0) is 9.90. The number of ether oxygens (including phenoxy) is 1. The minimum Gasteiger partial charge on any atom is -0.384 e. The van der Waals surface area contributed by atoms with E-state index >= 15 is 0 Å². The highest BCUT2D eigenvalue weighted by Crippen LogP contribution is 2.19. The van der Waals surface area contributed by atoms with Crippen LogP contribution in [0.2, 0.25) is 0 Å². The Labute approximate surface area is 78.3 Å². The van der Waals surface area contributed by atoms with Gasteiger partial charge in [0.2, 0.25) is 5.91 Å². The summed E-state index contributed by atoms with van der Waals surface area (Å²) in [6, 6.07) is 0. The van der Waals surface area contributed by atoms with Gasteiger partial charge in [-0.25, -0.2) is 0 Å². The van der Waals surface area contributed by atoms with Crippen molar-refractivity contribution >= 4 is 5.91 Å². The first-order valence-electron chi connectivity index (χ1n) is 4.61. The fourth-order valence-corrected chi connectivity index (χ4v) is 1.35. The van der Waals surface area contributed by atoms with E-state index in [0.717, 1.165) is 12.8 Å². The van der Waals surface area contributed by atoms with Crippen LogP contribution < -0.4 is 5.32 Å². The van der Waals surface area contributed by atoms with Crippen molar-refractivity contribution in [3.05, 3.63) is 0 Å². The van der Waals surface area contributed by atoms with Gasteiger partial charge >= 0.3 is 0 Å². The molecule has 4 nitrogen and oxygen atoms in total. The van der Waals surface area contributed by atoms with Gasteiger partial charge in [-0.1, -0.05) is 0 Å². The maximum atomic E-state index is 11.2. The molecule has 1 amide bonds. The van der Waals surface area contributed by atoms with Crippen molar-refractivity contribution in [2.45, 2.75) is 38.3 Å². The third-order valence-corrected chi connectivity index (χ3v) is 2.40. The largest absolute Gasteiger partial charge is 0.384 e. The standard InChI is InChI=1S/C9H17NO3/c1-7(11)8(12)10-9(2)3-5-13-6-4-9/h7,11H,3-6H2,1-2H3,(H,10,12)/t7-/m0/s1. The van der Waals surface area contributed by atoms with Gasteiger partial charge in [-0.05, 0) is 26.7 Å². The van der Waals surface area contributed by atoms with E-state index in [1.807, 2.05) is 6.92 Å². The van der Waals surface area contributed by atoms with Crippen LogP contribution in [0.1, 0.15) is 26.7 Å². The number of hydrogen-bond acceptors (Lipinski definition) is 3. The van der Waals surface area contributed by atoms with E-state index in [2.05, 4.69) is 5.32 Å². The molecule has 1 atom stereocenters. The highest BCUT2D eigenvalue weighted by molar-refractivity contribution is 5.80. The van der Waals surface area contributed by atoms with Crippen molar-refractivity contribution in [2.75, 3.05) is 13.2 Å². The number of carbonyl (C=O) groups is 1. The summed E-state index contributed by atoms with van der Waals surface area (Å²) in [7, 11) is 0. The molecule has 0 saturated carbocycles. The van der Waals surface area contributed by atoms with E-state index in [-0.39, 0.29) is 11.4 Å².